The Bertz CT molecular complexity index is 364. The predicted octanol–water partition coefficient (Wildman–Crippen LogP) is 1.64. The number of nitrogens with one attached hydrogen (secondary N) is 1. The predicted molar refractivity (Wildman–Crippen MR) is 54.7 cm³/mol. The van der Waals surface area contributed by atoms with Crippen LogP contribution in [0.25, 0.3) is 10.6 Å². The Hall–Kier alpha value is -1.13. The zero-order valence-electron chi connectivity index (χ0n) is 7.16. The van der Waals surface area contributed by atoms with Crippen LogP contribution in [0, 0.1) is 0 Å². The van der Waals surface area contributed by atoms with Crippen LogP contribution in [0.3, 0.4) is 0 Å². The van der Waals surface area contributed by atoms with Crippen LogP contribution in [0.2, 0.25) is 0 Å². The molecule has 0 radical (unpaired) electrons. The van der Waals surface area contributed by atoms with E-state index in [0.717, 1.165) is 22.7 Å². The highest BCUT2D eigenvalue weighted by atomic mass is 32.1. The van der Waals surface area contributed by atoms with Gasteiger partial charge < -0.3 is 10.7 Å². The molecule has 0 fully saturated rings. The van der Waals surface area contributed by atoms with Gasteiger partial charge in [-0.2, -0.15) is 0 Å². The minimum absolute atomic E-state index is 0.663. The lowest BCUT2D eigenvalue weighted by molar-refractivity contribution is 0.936. The van der Waals surface area contributed by atoms with Crippen LogP contribution in [-0.2, 0) is 6.42 Å². The third-order valence-electron chi connectivity index (χ3n) is 1.80. The summed E-state index contributed by atoms with van der Waals surface area (Å²) >= 11 is 1.66. The van der Waals surface area contributed by atoms with E-state index < -0.39 is 0 Å². The van der Waals surface area contributed by atoms with E-state index in [0.29, 0.717) is 6.54 Å². The molecule has 3 nitrogen and oxygen atoms in total. The lowest BCUT2D eigenvalue weighted by atomic mass is 10.3. The number of aromatic amines is 1. The van der Waals surface area contributed by atoms with E-state index in [2.05, 4.69) is 15.3 Å². The third-order valence-corrected chi connectivity index (χ3v) is 2.74. The highest BCUT2D eigenvalue weighted by Crippen LogP contribution is 2.22. The monoisotopic (exact) mass is 193 g/mol. The average Bonchev–Trinajstić information content (AvgIpc) is 2.70. The molecule has 3 N–H and O–H groups in total. The summed E-state index contributed by atoms with van der Waals surface area (Å²) in [4.78, 5) is 7.47. The zero-order chi connectivity index (χ0) is 9.10. The van der Waals surface area contributed by atoms with Gasteiger partial charge in [0.15, 0.2) is 0 Å². The van der Waals surface area contributed by atoms with Crippen molar-refractivity contribution in [2.75, 3.05) is 6.54 Å². The van der Waals surface area contributed by atoms with E-state index in [4.69, 9.17) is 5.73 Å². The van der Waals surface area contributed by atoms with Crippen molar-refractivity contribution in [2.45, 2.75) is 6.42 Å². The van der Waals surface area contributed by atoms with Gasteiger partial charge in [-0.05, 0) is 12.6 Å². The van der Waals surface area contributed by atoms with Gasteiger partial charge in [0, 0.05) is 29.8 Å². The van der Waals surface area contributed by atoms with Crippen LogP contribution < -0.4 is 5.73 Å². The van der Waals surface area contributed by atoms with Crippen LogP contribution in [0.1, 0.15) is 5.69 Å². The summed E-state index contributed by atoms with van der Waals surface area (Å²) in [6.07, 6.45) is 4.71. The first-order valence-electron chi connectivity index (χ1n) is 4.18. The van der Waals surface area contributed by atoms with Gasteiger partial charge in [0.05, 0.1) is 5.69 Å². The minimum atomic E-state index is 0.663. The van der Waals surface area contributed by atoms with Crippen molar-refractivity contribution in [3.05, 3.63) is 29.5 Å². The fourth-order valence-corrected chi connectivity index (χ4v) is 2.01. The Labute approximate surface area is 80.6 Å². The van der Waals surface area contributed by atoms with Crippen molar-refractivity contribution >= 4 is 11.3 Å². The van der Waals surface area contributed by atoms with Gasteiger partial charge in [-0.3, -0.25) is 0 Å². The summed E-state index contributed by atoms with van der Waals surface area (Å²) in [5.41, 5.74) is 7.68. The molecule has 0 aliphatic rings. The van der Waals surface area contributed by atoms with Crippen molar-refractivity contribution in [3.8, 4) is 10.6 Å². The van der Waals surface area contributed by atoms with Gasteiger partial charge in [-0.25, -0.2) is 4.98 Å². The van der Waals surface area contributed by atoms with Gasteiger partial charge in [-0.15, -0.1) is 11.3 Å². The third kappa shape index (κ3) is 1.79. The summed E-state index contributed by atoms with van der Waals surface area (Å²) in [6, 6.07) is 2.02. The molecule has 0 atom stereocenters. The maximum atomic E-state index is 5.45. The molecule has 0 aliphatic carbocycles. The molecule has 4 heteroatoms. The molecule has 0 unspecified atom stereocenters. The molecule has 13 heavy (non-hydrogen) atoms. The molecule has 0 bridgehead atoms. The lowest BCUT2D eigenvalue weighted by Crippen LogP contribution is -2.02. The molecule has 0 spiro atoms. The second-order valence-electron chi connectivity index (χ2n) is 2.78. The van der Waals surface area contributed by atoms with Crippen LogP contribution in [0.4, 0.5) is 0 Å². The molecule has 2 heterocycles. The summed E-state index contributed by atoms with van der Waals surface area (Å²) in [7, 11) is 0. The van der Waals surface area contributed by atoms with Crippen molar-refractivity contribution in [1.29, 1.82) is 0 Å². The molecule has 0 aromatic carbocycles. The Balaban J connectivity index is 2.23. The molecule has 68 valence electrons. The van der Waals surface area contributed by atoms with Gasteiger partial charge in [-0.1, -0.05) is 0 Å². The maximum Gasteiger partial charge on any atom is 0.125 e. The van der Waals surface area contributed by atoms with Crippen LogP contribution in [0.5, 0.6) is 0 Å². The molecule has 2 aromatic heterocycles. The number of nitrogens with zero attached hydrogens (tertiary/aromatic N) is 1. The number of rotatable bonds is 3. The first kappa shape index (κ1) is 8.47. The molecule has 2 rings (SSSR count). The van der Waals surface area contributed by atoms with Gasteiger partial charge in [0.25, 0.3) is 0 Å². The molecular formula is C9H11N3S. The van der Waals surface area contributed by atoms with E-state index in [1.54, 1.807) is 11.3 Å². The van der Waals surface area contributed by atoms with E-state index in [9.17, 15) is 0 Å². The minimum Gasteiger partial charge on any atom is -0.367 e. The molecule has 2 aromatic rings. The van der Waals surface area contributed by atoms with Crippen molar-refractivity contribution in [3.63, 3.8) is 0 Å². The number of thiazole rings is 1. The van der Waals surface area contributed by atoms with Gasteiger partial charge in [0.1, 0.15) is 5.01 Å². The Morgan fingerprint density at radius 3 is 3.15 bits per heavy atom. The highest BCUT2D eigenvalue weighted by Gasteiger charge is 2.03. The molecule has 0 saturated carbocycles. The first-order chi connectivity index (χ1) is 6.40. The van der Waals surface area contributed by atoms with Crippen LogP contribution in [-0.4, -0.2) is 16.5 Å². The molecule has 0 aliphatic heterocycles. The first-order valence-corrected chi connectivity index (χ1v) is 5.06. The summed E-state index contributed by atoms with van der Waals surface area (Å²) in [5, 5.41) is 3.12. The second-order valence-corrected chi connectivity index (χ2v) is 3.64. The maximum absolute atomic E-state index is 5.45. The summed E-state index contributed by atoms with van der Waals surface area (Å²) in [5.74, 6) is 0. The highest BCUT2D eigenvalue weighted by molar-refractivity contribution is 7.13. The zero-order valence-corrected chi connectivity index (χ0v) is 7.97. The largest absolute Gasteiger partial charge is 0.367 e. The Morgan fingerprint density at radius 1 is 1.54 bits per heavy atom. The van der Waals surface area contributed by atoms with Gasteiger partial charge in [0.2, 0.25) is 0 Å². The Kier molecular flexibility index (Phi) is 2.42. The fraction of sp³-hybridized carbons (Fsp3) is 0.222. The second kappa shape index (κ2) is 3.72. The van der Waals surface area contributed by atoms with Crippen LogP contribution >= 0.6 is 11.3 Å². The van der Waals surface area contributed by atoms with E-state index in [1.807, 2.05) is 18.5 Å². The van der Waals surface area contributed by atoms with E-state index in [1.165, 1.54) is 0 Å². The summed E-state index contributed by atoms with van der Waals surface area (Å²) < 4.78 is 0. The SMILES string of the molecule is NCCc1csc(-c2cc[nH]c2)n1. The molecular weight excluding hydrogens is 182 g/mol. The smallest absolute Gasteiger partial charge is 0.125 e. The van der Waals surface area contributed by atoms with Crippen molar-refractivity contribution < 1.29 is 0 Å². The number of H-pyrrole nitrogens is 1. The van der Waals surface area contributed by atoms with Crippen LogP contribution in [0.15, 0.2) is 23.8 Å². The standard InChI is InChI=1S/C9H11N3S/c10-3-1-8-6-13-9(12-8)7-2-4-11-5-7/h2,4-6,11H,1,3,10H2. The Morgan fingerprint density at radius 2 is 2.46 bits per heavy atom. The number of hydrogen-bond donors (Lipinski definition) is 2. The van der Waals surface area contributed by atoms with E-state index in [-0.39, 0.29) is 0 Å². The molecule has 0 amide bonds. The number of aromatic nitrogens is 2. The van der Waals surface area contributed by atoms with Crippen molar-refractivity contribution in [2.24, 2.45) is 5.73 Å². The topological polar surface area (TPSA) is 54.7 Å². The summed E-state index contributed by atoms with van der Waals surface area (Å²) in [6.45, 7) is 0.663. The molecule has 0 saturated heterocycles. The van der Waals surface area contributed by atoms with Gasteiger partial charge >= 0.3 is 0 Å². The fourth-order valence-electron chi connectivity index (χ4n) is 1.16. The van der Waals surface area contributed by atoms with Crippen molar-refractivity contribution in [1.82, 2.24) is 9.97 Å². The quantitative estimate of drug-likeness (QED) is 0.778. The normalized spacial score (nSPS) is 10.5. The number of nitrogens with two attached hydrogens (primary N) is 1. The number of hydrogen-bond acceptors (Lipinski definition) is 3. The average molecular weight is 193 g/mol. The lowest BCUT2D eigenvalue weighted by Gasteiger charge is -1.89. The van der Waals surface area contributed by atoms with E-state index >= 15 is 0 Å².